The minimum atomic E-state index is -0.226. The normalized spacial score (nSPS) is 14.0. The Kier molecular flexibility index (Phi) is 11.9. The van der Waals surface area contributed by atoms with Crippen LogP contribution in [0.2, 0.25) is 0 Å². The lowest BCUT2D eigenvalue weighted by atomic mass is 10.1. The van der Waals surface area contributed by atoms with E-state index in [1.54, 1.807) is 6.20 Å². The zero-order valence-electron chi connectivity index (χ0n) is 18.5. The first-order valence-electron chi connectivity index (χ1n) is 10.5. The van der Waals surface area contributed by atoms with Crippen LogP contribution in [0.5, 0.6) is 5.75 Å². The van der Waals surface area contributed by atoms with E-state index in [2.05, 4.69) is 51.3 Å². The molecule has 0 bridgehead atoms. The number of aromatic nitrogens is 1. The maximum atomic E-state index is 12.0. The fraction of sp³-hybridized carbons (Fsp3) is 0.478. The summed E-state index contributed by atoms with van der Waals surface area (Å²) in [6.07, 6.45) is 1.75. The summed E-state index contributed by atoms with van der Waals surface area (Å²) in [5.41, 5.74) is 2.65. The van der Waals surface area contributed by atoms with E-state index in [-0.39, 0.29) is 36.7 Å². The van der Waals surface area contributed by atoms with Gasteiger partial charge >= 0.3 is 5.97 Å². The van der Waals surface area contributed by atoms with Crippen molar-refractivity contribution in [1.82, 2.24) is 15.2 Å². The smallest absolute Gasteiger partial charge is 0.313 e. The quantitative estimate of drug-likeness (QED) is 0.592. The van der Waals surface area contributed by atoms with Gasteiger partial charge in [-0.05, 0) is 29.8 Å². The largest absolute Gasteiger partial charge is 0.422 e. The van der Waals surface area contributed by atoms with Crippen LogP contribution in [0.25, 0.3) is 0 Å². The topological polar surface area (TPSA) is 57.7 Å². The molecule has 0 amide bonds. The molecule has 6 nitrogen and oxygen atoms in total. The van der Waals surface area contributed by atoms with Crippen molar-refractivity contribution in [3.8, 4) is 5.75 Å². The number of nitrogens with one attached hydrogen (secondary N) is 1. The Bertz CT molecular complexity index is 794. The summed E-state index contributed by atoms with van der Waals surface area (Å²) in [4.78, 5) is 21.2. The number of carbonyl (C=O) groups is 1. The number of carbonyl (C=O) groups excluding carboxylic acids is 1. The third kappa shape index (κ3) is 7.96. The van der Waals surface area contributed by atoms with Gasteiger partial charge in [-0.3, -0.25) is 9.69 Å². The number of hydrogen-bond donors (Lipinski definition) is 1. The van der Waals surface area contributed by atoms with Crippen LogP contribution >= 0.6 is 24.8 Å². The van der Waals surface area contributed by atoms with Gasteiger partial charge in [0, 0.05) is 45.5 Å². The van der Waals surface area contributed by atoms with Gasteiger partial charge in [0.15, 0.2) is 11.6 Å². The zero-order valence-corrected chi connectivity index (χ0v) is 20.2. The van der Waals surface area contributed by atoms with Gasteiger partial charge in [0.2, 0.25) is 0 Å². The number of hydrogen-bond acceptors (Lipinski definition) is 6. The number of piperazine rings is 1. The van der Waals surface area contributed by atoms with E-state index in [4.69, 9.17) is 4.74 Å². The number of benzene rings is 1. The summed E-state index contributed by atoms with van der Waals surface area (Å²) in [6.45, 7) is 12.3. The van der Waals surface area contributed by atoms with Gasteiger partial charge < -0.3 is 15.0 Å². The van der Waals surface area contributed by atoms with E-state index < -0.39 is 0 Å². The molecule has 0 saturated carbocycles. The molecule has 1 aliphatic heterocycles. The minimum absolute atomic E-state index is 0. The third-order valence-corrected chi connectivity index (χ3v) is 5.11. The van der Waals surface area contributed by atoms with Crippen LogP contribution in [0, 0.1) is 5.92 Å². The van der Waals surface area contributed by atoms with Crippen LogP contribution < -0.4 is 15.0 Å². The van der Waals surface area contributed by atoms with Gasteiger partial charge in [0.25, 0.3) is 0 Å². The molecule has 3 rings (SSSR count). The summed E-state index contributed by atoms with van der Waals surface area (Å²) in [5, 5.41) is 3.35. The van der Waals surface area contributed by atoms with Crippen LogP contribution in [-0.4, -0.2) is 48.6 Å². The van der Waals surface area contributed by atoms with E-state index in [0.717, 1.165) is 51.6 Å². The Morgan fingerprint density at radius 2 is 1.71 bits per heavy atom. The van der Waals surface area contributed by atoms with Crippen molar-refractivity contribution in [3.05, 3.63) is 53.7 Å². The third-order valence-electron chi connectivity index (χ3n) is 5.11. The molecule has 1 aliphatic rings. The van der Waals surface area contributed by atoms with Crippen molar-refractivity contribution >= 4 is 36.6 Å². The molecule has 2 aromatic rings. The zero-order chi connectivity index (χ0) is 20.6. The molecule has 2 heterocycles. The maximum absolute atomic E-state index is 12.0. The predicted molar refractivity (Wildman–Crippen MR) is 131 cm³/mol. The van der Waals surface area contributed by atoms with Gasteiger partial charge in [-0.2, -0.15) is 0 Å². The second kappa shape index (κ2) is 13.5. The molecule has 0 radical (unpaired) electrons. The van der Waals surface area contributed by atoms with E-state index in [0.29, 0.717) is 5.75 Å². The molecule has 31 heavy (non-hydrogen) atoms. The number of esters is 1. The Morgan fingerprint density at radius 3 is 2.32 bits per heavy atom. The van der Waals surface area contributed by atoms with Crippen LogP contribution in [0.1, 0.15) is 31.9 Å². The lowest BCUT2D eigenvalue weighted by molar-refractivity contribution is -0.137. The van der Waals surface area contributed by atoms with Gasteiger partial charge in [0.05, 0.1) is 5.92 Å². The lowest BCUT2D eigenvalue weighted by Gasteiger charge is -2.35. The second-order valence-electron chi connectivity index (χ2n) is 7.76. The standard InChI is InChI=1S/C23H32N4O2.2ClH/c1-4-24-16-19-7-9-20(10-8-19)17-26-12-14-27(15-13-26)22-21(6-5-11-25-22)29-23(28)18(2)3;;/h5-11,18,24H,4,12-17H2,1-3H3;2*1H. The molecule has 0 unspecified atom stereocenters. The van der Waals surface area contributed by atoms with Crippen LogP contribution in [0.15, 0.2) is 42.6 Å². The molecule has 0 atom stereocenters. The van der Waals surface area contributed by atoms with Crippen molar-refractivity contribution in [1.29, 1.82) is 0 Å². The van der Waals surface area contributed by atoms with E-state index >= 15 is 0 Å². The van der Waals surface area contributed by atoms with Crippen molar-refractivity contribution in [3.63, 3.8) is 0 Å². The fourth-order valence-corrected chi connectivity index (χ4v) is 3.33. The van der Waals surface area contributed by atoms with Crippen LogP contribution in [0.3, 0.4) is 0 Å². The maximum Gasteiger partial charge on any atom is 0.313 e. The number of pyridine rings is 1. The number of nitrogens with zero attached hydrogens (tertiary/aromatic N) is 3. The molecular weight excluding hydrogens is 435 g/mol. The molecule has 1 saturated heterocycles. The highest BCUT2D eigenvalue weighted by Gasteiger charge is 2.22. The molecular formula is C23H34Cl2N4O2. The highest BCUT2D eigenvalue weighted by atomic mass is 35.5. The molecule has 0 spiro atoms. The van der Waals surface area contributed by atoms with Crippen molar-refractivity contribution in [2.24, 2.45) is 5.92 Å². The molecule has 1 aromatic carbocycles. The summed E-state index contributed by atoms with van der Waals surface area (Å²) < 4.78 is 5.56. The van der Waals surface area contributed by atoms with E-state index in [1.165, 1.54) is 11.1 Å². The van der Waals surface area contributed by atoms with Crippen molar-refractivity contribution < 1.29 is 9.53 Å². The Balaban J connectivity index is 0.00000240. The molecule has 1 fully saturated rings. The Hall–Kier alpha value is -1.86. The number of anilines is 1. The molecule has 0 aliphatic carbocycles. The number of rotatable bonds is 8. The van der Waals surface area contributed by atoms with Crippen molar-refractivity contribution in [2.75, 3.05) is 37.6 Å². The lowest BCUT2D eigenvalue weighted by Crippen LogP contribution is -2.46. The highest BCUT2D eigenvalue weighted by Crippen LogP contribution is 2.27. The van der Waals surface area contributed by atoms with Gasteiger partial charge in [0.1, 0.15) is 0 Å². The van der Waals surface area contributed by atoms with Crippen molar-refractivity contribution in [2.45, 2.75) is 33.9 Å². The number of ether oxygens (including phenoxy) is 1. The second-order valence-corrected chi connectivity index (χ2v) is 7.76. The highest BCUT2D eigenvalue weighted by molar-refractivity contribution is 5.85. The molecule has 8 heteroatoms. The van der Waals surface area contributed by atoms with Crippen LogP contribution in [-0.2, 0) is 17.9 Å². The van der Waals surface area contributed by atoms with E-state index in [9.17, 15) is 4.79 Å². The molecule has 1 aromatic heterocycles. The first kappa shape index (κ1) is 27.2. The summed E-state index contributed by atoms with van der Waals surface area (Å²) in [7, 11) is 0. The summed E-state index contributed by atoms with van der Waals surface area (Å²) in [5.74, 6) is 0.921. The van der Waals surface area contributed by atoms with Gasteiger partial charge in [-0.15, -0.1) is 24.8 Å². The predicted octanol–water partition coefficient (Wildman–Crippen LogP) is 3.92. The minimum Gasteiger partial charge on any atom is -0.422 e. The van der Waals surface area contributed by atoms with E-state index in [1.807, 2.05) is 26.0 Å². The molecule has 1 N–H and O–H groups in total. The Labute approximate surface area is 198 Å². The fourth-order valence-electron chi connectivity index (χ4n) is 3.33. The Morgan fingerprint density at radius 1 is 1.06 bits per heavy atom. The molecule has 172 valence electrons. The summed E-state index contributed by atoms with van der Waals surface area (Å²) >= 11 is 0. The number of halogens is 2. The average molecular weight is 469 g/mol. The first-order valence-corrected chi connectivity index (χ1v) is 10.5. The monoisotopic (exact) mass is 468 g/mol. The van der Waals surface area contributed by atoms with Gasteiger partial charge in [-0.25, -0.2) is 4.98 Å². The SMILES string of the molecule is CCNCc1ccc(CN2CCN(c3ncccc3OC(=O)C(C)C)CC2)cc1.Cl.Cl. The van der Waals surface area contributed by atoms with Gasteiger partial charge in [-0.1, -0.05) is 45.0 Å². The van der Waals surface area contributed by atoms with Crippen LogP contribution in [0.4, 0.5) is 5.82 Å². The summed E-state index contributed by atoms with van der Waals surface area (Å²) in [6, 6.07) is 12.5. The average Bonchev–Trinajstić information content (AvgIpc) is 2.74. The first-order chi connectivity index (χ1) is 14.1.